The Hall–Kier alpha value is -2.11. The van der Waals surface area contributed by atoms with Gasteiger partial charge in [-0.1, -0.05) is 17.3 Å². The summed E-state index contributed by atoms with van der Waals surface area (Å²) in [6, 6.07) is 1.18. The predicted octanol–water partition coefficient (Wildman–Crippen LogP) is 0.434. The number of carboxylic acid groups (broad SMARTS) is 1. The van der Waals surface area contributed by atoms with E-state index in [2.05, 4.69) is 15.0 Å². The second-order valence-corrected chi connectivity index (χ2v) is 3.52. The molecular formula is C10H10N2O4. The molecule has 0 radical (unpaired) electrons. The summed E-state index contributed by atoms with van der Waals surface area (Å²) < 4.78 is 4.68. The molecular weight excluding hydrogens is 212 g/mol. The molecule has 84 valence electrons. The van der Waals surface area contributed by atoms with Crippen LogP contribution < -0.4 is 5.32 Å². The fourth-order valence-electron chi connectivity index (χ4n) is 1.56. The van der Waals surface area contributed by atoms with Crippen molar-refractivity contribution >= 4 is 11.9 Å². The minimum atomic E-state index is -0.882. The van der Waals surface area contributed by atoms with Gasteiger partial charge in [0, 0.05) is 12.1 Å². The Morgan fingerprint density at radius 2 is 2.31 bits per heavy atom. The SMILES string of the molecule is O=C(NC1C=CC(C(=O)O)C1)c1ccno1. The van der Waals surface area contributed by atoms with Crippen molar-refractivity contribution in [1.82, 2.24) is 10.5 Å². The van der Waals surface area contributed by atoms with E-state index in [4.69, 9.17) is 5.11 Å². The second-order valence-electron chi connectivity index (χ2n) is 3.52. The van der Waals surface area contributed by atoms with E-state index in [1.165, 1.54) is 12.3 Å². The van der Waals surface area contributed by atoms with Crippen molar-refractivity contribution in [2.75, 3.05) is 0 Å². The molecule has 0 aromatic carbocycles. The summed E-state index contributed by atoms with van der Waals surface area (Å²) in [6.07, 6.45) is 5.00. The van der Waals surface area contributed by atoms with E-state index in [1.54, 1.807) is 12.2 Å². The van der Waals surface area contributed by atoms with Gasteiger partial charge in [0.05, 0.1) is 12.1 Å². The lowest BCUT2D eigenvalue weighted by atomic mass is 10.1. The summed E-state index contributed by atoms with van der Waals surface area (Å²) >= 11 is 0. The topological polar surface area (TPSA) is 92.4 Å². The zero-order valence-corrected chi connectivity index (χ0v) is 8.29. The van der Waals surface area contributed by atoms with E-state index >= 15 is 0 Å². The number of amides is 1. The Morgan fingerprint density at radius 1 is 1.50 bits per heavy atom. The molecule has 1 aromatic heterocycles. The van der Waals surface area contributed by atoms with Crippen molar-refractivity contribution in [3.05, 3.63) is 30.2 Å². The summed E-state index contributed by atoms with van der Waals surface area (Å²) in [5, 5.41) is 14.8. The lowest BCUT2D eigenvalue weighted by molar-refractivity contribution is -0.140. The molecule has 6 heteroatoms. The molecule has 1 aliphatic rings. The van der Waals surface area contributed by atoms with Crippen LogP contribution in [0.2, 0.25) is 0 Å². The lowest BCUT2D eigenvalue weighted by Crippen LogP contribution is -2.33. The van der Waals surface area contributed by atoms with E-state index in [-0.39, 0.29) is 11.8 Å². The Bertz CT molecular complexity index is 424. The van der Waals surface area contributed by atoms with Crippen molar-refractivity contribution in [2.45, 2.75) is 12.5 Å². The first kappa shape index (κ1) is 10.4. The van der Waals surface area contributed by atoms with Gasteiger partial charge in [0.15, 0.2) is 0 Å². The zero-order chi connectivity index (χ0) is 11.5. The van der Waals surface area contributed by atoms with Gasteiger partial charge >= 0.3 is 5.97 Å². The van der Waals surface area contributed by atoms with Crippen molar-refractivity contribution in [3.63, 3.8) is 0 Å². The standard InChI is InChI=1S/C10H10N2O4/c13-9(8-3-4-11-16-8)12-7-2-1-6(5-7)10(14)15/h1-4,6-7H,5H2,(H,12,13)(H,14,15). The highest BCUT2D eigenvalue weighted by Gasteiger charge is 2.26. The molecule has 1 amide bonds. The fourth-order valence-corrected chi connectivity index (χ4v) is 1.56. The third kappa shape index (κ3) is 2.10. The molecule has 0 spiro atoms. The summed E-state index contributed by atoms with van der Waals surface area (Å²) in [5.41, 5.74) is 0. The first-order valence-corrected chi connectivity index (χ1v) is 4.79. The van der Waals surface area contributed by atoms with Gasteiger partial charge in [0.2, 0.25) is 5.76 Å². The summed E-state index contributed by atoms with van der Waals surface area (Å²) in [4.78, 5) is 22.2. The average molecular weight is 222 g/mol. The van der Waals surface area contributed by atoms with Crippen LogP contribution in [0.15, 0.2) is 28.9 Å². The van der Waals surface area contributed by atoms with Crippen LogP contribution in [0, 0.1) is 5.92 Å². The van der Waals surface area contributed by atoms with Crippen LogP contribution in [0.25, 0.3) is 0 Å². The maximum absolute atomic E-state index is 11.5. The third-order valence-electron chi connectivity index (χ3n) is 2.38. The predicted molar refractivity (Wildman–Crippen MR) is 52.6 cm³/mol. The van der Waals surface area contributed by atoms with E-state index < -0.39 is 17.8 Å². The van der Waals surface area contributed by atoms with Crippen molar-refractivity contribution in [1.29, 1.82) is 0 Å². The zero-order valence-electron chi connectivity index (χ0n) is 8.29. The third-order valence-corrected chi connectivity index (χ3v) is 2.38. The highest BCUT2D eigenvalue weighted by atomic mass is 16.5. The van der Waals surface area contributed by atoms with Gasteiger partial charge in [-0.2, -0.15) is 0 Å². The molecule has 2 unspecified atom stereocenters. The average Bonchev–Trinajstić information content (AvgIpc) is 2.87. The number of nitrogens with zero attached hydrogens (tertiary/aromatic N) is 1. The molecule has 1 heterocycles. The number of carbonyl (C=O) groups excluding carboxylic acids is 1. The minimum Gasteiger partial charge on any atom is -0.481 e. The van der Waals surface area contributed by atoms with Gasteiger partial charge in [-0.05, 0) is 6.42 Å². The first-order chi connectivity index (χ1) is 7.66. The minimum absolute atomic E-state index is 0.118. The van der Waals surface area contributed by atoms with E-state index in [0.717, 1.165) is 0 Å². The van der Waals surface area contributed by atoms with Crippen LogP contribution in [0.5, 0.6) is 0 Å². The molecule has 2 rings (SSSR count). The maximum atomic E-state index is 11.5. The highest BCUT2D eigenvalue weighted by molar-refractivity contribution is 5.91. The monoisotopic (exact) mass is 222 g/mol. The van der Waals surface area contributed by atoms with Crippen molar-refractivity contribution in [2.24, 2.45) is 5.92 Å². The molecule has 0 fully saturated rings. The number of carbonyl (C=O) groups is 2. The number of aliphatic carboxylic acids is 1. The number of aromatic nitrogens is 1. The summed E-state index contributed by atoms with van der Waals surface area (Å²) in [6.45, 7) is 0. The molecule has 0 bridgehead atoms. The Kier molecular flexibility index (Phi) is 2.72. The van der Waals surface area contributed by atoms with Gasteiger partial charge in [-0.15, -0.1) is 0 Å². The smallest absolute Gasteiger partial charge is 0.310 e. The van der Waals surface area contributed by atoms with Crippen molar-refractivity contribution < 1.29 is 19.2 Å². The van der Waals surface area contributed by atoms with Crippen LogP contribution in [-0.2, 0) is 4.79 Å². The van der Waals surface area contributed by atoms with Crippen LogP contribution in [0.3, 0.4) is 0 Å². The Balaban J connectivity index is 1.91. The molecule has 16 heavy (non-hydrogen) atoms. The molecule has 0 saturated carbocycles. The molecule has 0 saturated heterocycles. The molecule has 2 N–H and O–H groups in total. The van der Waals surface area contributed by atoms with E-state index in [1.807, 2.05) is 0 Å². The molecule has 1 aliphatic carbocycles. The van der Waals surface area contributed by atoms with Crippen LogP contribution >= 0.6 is 0 Å². The quantitative estimate of drug-likeness (QED) is 0.723. The first-order valence-electron chi connectivity index (χ1n) is 4.79. The highest BCUT2D eigenvalue weighted by Crippen LogP contribution is 2.18. The molecule has 2 atom stereocenters. The maximum Gasteiger partial charge on any atom is 0.310 e. The van der Waals surface area contributed by atoms with Crippen LogP contribution in [0.4, 0.5) is 0 Å². The number of rotatable bonds is 3. The summed E-state index contributed by atoms with van der Waals surface area (Å²) in [7, 11) is 0. The number of carboxylic acids is 1. The Morgan fingerprint density at radius 3 is 2.88 bits per heavy atom. The molecule has 6 nitrogen and oxygen atoms in total. The summed E-state index contributed by atoms with van der Waals surface area (Å²) in [5.74, 6) is -1.68. The number of hydrogen-bond donors (Lipinski definition) is 2. The van der Waals surface area contributed by atoms with Gasteiger partial charge in [-0.3, -0.25) is 9.59 Å². The second kappa shape index (κ2) is 4.18. The molecule has 1 aromatic rings. The largest absolute Gasteiger partial charge is 0.481 e. The van der Waals surface area contributed by atoms with Crippen LogP contribution in [0.1, 0.15) is 17.0 Å². The van der Waals surface area contributed by atoms with Crippen LogP contribution in [-0.4, -0.2) is 28.2 Å². The van der Waals surface area contributed by atoms with E-state index in [0.29, 0.717) is 6.42 Å². The lowest BCUT2D eigenvalue weighted by Gasteiger charge is -2.10. The van der Waals surface area contributed by atoms with Gasteiger partial charge in [0.1, 0.15) is 0 Å². The number of hydrogen-bond acceptors (Lipinski definition) is 4. The van der Waals surface area contributed by atoms with Gasteiger partial charge in [-0.25, -0.2) is 0 Å². The van der Waals surface area contributed by atoms with Gasteiger partial charge < -0.3 is 14.9 Å². The fraction of sp³-hybridized carbons (Fsp3) is 0.300. The Labute approximate surface area is 90.9 Å². The number of nitrogens with one attached hydrogen (secondary N) is 1. The normalized spacial score (nSPS) is 23.2. The van der Waals surface area contributed by atoms with Crippen molar-refractivity contribution in [3.8, 4) is 0 Å². The molecule has 0 aliphatic heterocycles. The van der Waals surface area contributed by atoms with Gasteiger partial charge in [0.25, 0.3) is 5.91 Å². The van der Waals surface area contributed by atoms with E-state index in [9.17, 15) is 9.59 Å².